The van der Waals surface area contributed by atoms with Crippen LogP contribution in [0.4, 0.5) is 5.00 Å². The summed E-state index contributed by atoms with van der Waals surface area (Å²) in [6.07, 6.45) is 4.92. The number of anilines is 1. The maximum Gasteiger partial charge on any atom is 0.341 e. The fourth-order valence-corrected chi connectivity index (χ4v) is 7.45. The van der Waals surface area contributed by atoms with E-state index in [2.05, 4.69) is 10.3 Å². The van der Waals surface area contributed by atoms with E-state index in [0.717, 1.165) is 52.8 Å². The van der Waals surface area contributed by atoms with Crippen LogP contribution >= 0.6 is 46.0 Å². The fourth-order valence-electron chi connectivity index (χ4n) is 4.21. The molecule has 4 rings (SSSR count). The molecular formula is C25H28ClN3O5S3. The molecule has 2 amide bonds. The highest BCUT2D eigenvalue weighted by Gasteiger charge is 2.26. The Labute approximate surface area is 232 Å². The van der Waals surface area contributed by atoms with Gasteiger partial charge < -0.3 is 19.4 Å². The van der Waals surface area contributed by atoms with E-state index in [1.165, 1.54) is 41.5 Å². The molecule has 1 aromatic carbocycles. The lowest BCUT2D eigenvalue weighted by atomic mass is 10.1. The molecule has 3 aromatic rings. The topological polar surface area (TPSA) is 99.0 Å². The number of benzene rings is 1. The second kappa shape index (κ2) is 13.1. The Balaban J connectivity index is 1.41. The number of esters is 1. The van der Waals surface area contributed by atoms with Crippen molar-refractivity contribution in [3.8, 4) is 0 Å². The van der Waals surface area contributed by atoms with Crippen molar-refractivity contribution in [2.45, 2.75) is 38.6 Å². The monoisotopic (exact) mass is 581 g/mol. The highest BCUT2D eigenvalue weighted by atomic mass is 35.5. The average Bonchev–Trinajstić information content (AvgIpc) is 3.28. The molecule has 0 bridgehead atoms. The number of fused-ring (bicyclic) bond motifs is 2. The standard InChI is InChI=1S/C25H28ClN3O5S3/c1-33-11-10-29-17-9-8-15(26)12-19(17)37-25(29)28-21(31)14-35-13-20(30)27-23-22(24(32)34-2)16-6-4-3-5-7-18(16)36-23/h8-9,12H,3-7,10-11,13-14H2,1-2H3,(H,27,30). The second-order valence-corrected chi connectivity index (χ2v) is 12.0. The first-order valence-corrected chi connectivity index (χ1v) is 15.0. The van der Waals surface area contributed by atoms with Crippen molar-refractivity contribution >= 4 is 79.0 Å². The summed E-state index contributed by atoms with van der Waals surface area (Å²) >= 11 is 10.1. The SMILES string of the molecule is COCCn1c(=NC(=O)CSCC(=O)Nc2sc3c(c2C(=O)OC)CCCCC3)sc2cc(Cl)ccc21. The van der Waals surface area contributed by atoms with Crippen molar-refractivity contribution in [2.75, 3.05) is 37.6 Å². The number of nitrogens with zero attached hydrogens (tertiary/aromatic N) is 2. The predicted molar refractivity (Wildman–Crippen MR) is 150 cm³/mol. The number of thioether (sulfide) groups is 1. The number of ether oxygens (including phenoxy) is 2. The van der Waals surface area contributed by atoms with Crippen LogP contribution < -0.4 is 10.1 Å². The van der Waals surface area contributed by atoms with Gasteiger partial charge in [0.1, 0.15) is 5.00 Å². The Morgan fingerprint density at radius 2 is 1.95 bits per heavy atom. The number of hydrogen-bond acceptors (Lipinski definition) is 8. The first-order chi connectivity index (χ1) is 17.9. The highest BCUT2D eigenvalue weighted by Crippen LogP contribution is 2.38. The van der Waals surface area contributed by atoms with Crippen LogP contribution in [0.3, 0.4) is 0 Å². The van der Waals surface area contributed by atoms with Gasteiger partial charge in [0, 0.05) is 23.6 Å². The lowest BCUT2D eigenvalue weighted by Gasteiger charge is -2.07. The first-order valence-electron chi connectivity index (χ1n) is 11.9. The summed E-state index contributed by atoms with van der Waals surface area (Å²) in [6, 6.07) is 5.55. The van der Waals surface area contributed by atoms with Gasteiger partial charge in [-0.15, -0.1) is 23.1 Å². The van der Waals surface area contributed by atoms with E-state index in [0.29, 0.717) is 33.5 Å². The van der Waals surface area contributed by atoms with Crippen molar-refractivity contribution in [2.24, 2.45) is 4.99 Å². The van der Waals surface area contributed by atoms with Gasteiger partial charge in [0.2, 0.25) is 5.91 Å². The lowest BCUT2D eigenvalue weighted by Crippen LogP contribution is -2.20. The van der Waals surface area contributed by atoms with Gasteiger partial charge in [-0.3, -0.25) is 9.59 Å². The van der Waals surface area contributed by atoms with E-state index in [1.807, 2.05) is 16.7 Å². The number of nitrogens with one attached hydrogen (secondary N) is 1. The molecule has 1 aliphatic carbocycles. The summed E-state index contributed by atoms with van der Waals surface area (Å²) < 4.78 is 13.1. The normalized spacial score (nSPS) is 13.9. The lowest BCUT2D eigenvalue weighted by molar-refractivity contribution is -0.115. The second-order valence-electron chi connectivity index (χ2n) is 8.45. The zero-order chi connectivity index (χ0) is 26.4. The van der Waals surface area contributed by atoms with Gasteiger partial charge in [-0.05, 0) is 49.4 Å². The minimum absolute atomic E-state index is 0.0531. The molecule has 1 N–H and O–H groups in total. The quantitative estimate of drug-likeness (QED) is 0.284. The summed E-state index contributed by atoms with van der Waals surface area (Å²) in [7, 11) is 2.97. The molecule has 0 saturated carbocycles. The third-order valence-corrected chi connectivity index (χ3v) is 9.31. The molecule has 2 aromatic heterocycles. The van der Waals surface area contributed by atoms with E-state index in [4.69, 9.17) is 21.1 Å². The minimum Gasteiger partial charge on any atom is -0.465 e. The molecule has 0 unspecified atom stereocenters. The van der Waals surface area contributed by atoms with Crippen LogP contribution in [0.15, 0.2) is 23.2 Å². The number of hydrogen-bond donors (Lipinski definition) is 1. The number of thiophene rings is 1. The number of amides is 2. The number of carbonyl (C=O) groups is 3. The van der Waals surface area contributed by atoms with Gasteiger partial charge >= 0.3 is 5.97 Å². The number of aromatic nitrogens is 1. The van der Waals surface area contributed by atoms with E-state index in [9.17, 15) is 14.4 Å². The van der Waals surface area contributed by atoms with E-state index >= 15 is 0 Å². The third-order valence-electron chi connectivity index (χ3n) is 5.91. The van der Waals surface area contributed by atoms with Crippen molar-refractivity contribution in [3.63, 3.8) is 0 Å². The maximum absolute atomic E-state index is 12.7. The molecular weight excluding hydrogens is 554 g/mol. The molecule has 12 heteroatoms. The average molecular weight is 582 g/mol. The summed E-state index contributed by atoms with van der Waals surface area (Å²) in [5.41, 5.74) is 2.40. The minimum atomic E-state index is -0.428. The molecule has 0 saturated heterocycles. The summed E-state index contributed by atoms with van der Waals surface area (Å²) in [4.78, 5) is 43.8. The van der Waals surface area contributed by atoms with Gasteiger partial charge in [-0.1, -0.05) is 29.4 Å². The van der Waals surface area contributed by atoms with Crippen LogP contribution in [0.2, 0.25) is 5.02 Å². The van der Waals surface area contributed by atoms with Crippen molar-refractivity contribution in [1.29, 1.82) is 0 Å². The Morgan fingerprint density at radius 3 is 2.73 bits per heavy atom. The Hall–Kier alpha value is -2.18. The van der Waals surface area contributed by atoms with Gasteiger partial charge in [0.25, 0.3) is 5.91 Å². The summed E-state index contributed by atoms with van der Waals surface area (Å²) in [5.74, 6) is -0.915. The van der Waals surface area contributed by atoms with Crippen molar-refractivity contribution in [1.82, 2.24) is 4.57 Å². The molecule has 37 heavy (non-hydrogen) atoms. The molecule has 0 atom stereocenters. The number of thiazole rings is 1. The molecule has 1 aliphatic rings. The molecule has 8 nitrogen and oxygen atoms in total. The molecule has 2 heterocycles. The van der Waals surface area contributed by atoms with Crippen molar-refractivity contribution < 1.29 is 23.9 Å². The zero-order valence-electron chi connectivity index (χ0n) is 20.6. The van der Waals surface area contributed by atoms with Gasteiger partial charge in [0.15, 0.2) is 4.80 Å². The number of methoxy groups -OCH3 is 2. The molecule has 198 valence electrons. The first kappa shape index (κ1) is 27.8. The fraction of sp³-hybridized carbons (Fsp3) is 0.440. The molecule has 0 radical (unpaired) electrons. The van der Waals surface area contributed by atoms with Gasteiger partial charge in [-0.2, -0.15) is 4.99 Å². The van der Waals surface area contributed by atoms with Crippen LogP contribution in [0.5, 0.6) is 0 Å². The molecule has 0 aliphatic heterocycles. The van der Waals surface area contributed by atoms with Gasteiger partial charge in [-0.25, -0.2) is 4.79 Å². The van der Waals surface area contributed by atoms with Crippen LogP contribution in [0, 0.1) is 0 Å². The number of aryl methyl sites for hydroxylation is 1. The zero-order valence-corrected chi connectivity index (χ0v) is 23.8. The molecule has 0 spiro atoms. The van der Waals surface area contributed by atoms with E-state index < -0.39 is 5.97 Å². The van der Waals surface area contributed by atoms with Crippen molar-refractivity contribution in [3.05, 3.63) is 44.0 Å². The van der Waals surface area contributed by atoms with E-state index in [1.54, 1.807) is 13.2 Å². The Morgan fingerprint density at radius 1 is 1.14 bits per heavy atom. The number of halogens is 1. The summed E-state index contributed by atoms with van der Waals surface area (Å²) in [6.45, 7) is 1.03. The maximum atomic E-state index is 12.7. The number of rotatable bonds is 9. The largest absolute Gasteiger partial charge is 0.465 e. The Kier molecular flexibility index (Phi) is 9.83. The predicted octanol–water partition coefficient (Wildman–Crippen LogP) is 4.92. The van der Waals surface area contributed by atoms with Crippen LogP contribution in [0.25, 0.3) is 10.2 Å². The van der Waals surface area contributed by atoms with E-state index in [-0.39, 0.29) is 23.3 Å². The molecule has 0 fully saturated rings. The Bertz CT molecular complexity index is 1380. The van der Waals surface area contributed by atoms with Crippen LogP contribution in [-0.4, -0.2) is 54.7 Å². The van der Waals surface area contributed by atoms with Crippen LogP contribution in [0.1, 0.15) is 40.1 Å². The third kappa shape index (κ3) is 6.83. The summed E-state index contributed by atoms with van der Waals surface area (Å²) in [5, 5.41) is 4.02. The number of carbonyl (C=O) groups excluding carboxylic acids is 3. The smallest absolute Gasteiger partial charge is 0.341 e. The van der Waals surface area contributed by atoms with Crippen LogP contribution in [-0.2, 0) is 38.4 Å². The van der Waals surface area contributed by atoms with Gasteiger partial charge in [0.05, 0.1) is 41.0 Å². The highest BCUT2D eigenvalue weighted by molar-refractivity contribution is 8.00.